The Kier molecular flexibility index (Phi) is 5.65. The molecule has 0 spiro atoms. The van der Waals surface area contributed by atoms with Gasteiger partial charge in [0.15, 0.2) is 0 Å². The smallest absolute Gasteiger partial charge is 0.251 e. The van der Waals surface area contributed by atoms with E-state index in [2.05, 4.69) is 15.5 Å². The minimum Gasteiger partial charge on any atom is -0.348 e. The van der Waals surface area contributed by atoms with Crippen LogP contribution in [0.2, 0.25) is 5.02 Å². The molecule has 1 aromatic carbocycles. The molecule has 0 unspecified atom stereocenters. The maximum absolute atomic E-state index is 12.4. The molecule has 2 aromatic heterocycles. The van der Waals surface area contributed by atoms with Crippen molar-refractivity contribution in [1.82, 2.24) is 24.9 Å². The average Bonchev–Trinajstić information content (AvgIpc) is 3.15. The molecule has 0 saturated carbocycles. The fraction of sp³-hybridized carbons (Fsp3) is 0.350. The summed E-state index contributed by atoms with van der Waals surface area (Å²) in [5.41, 5.74) is 5.43. The summed E-state index contributed by atoms with van der Waals surface area (Å²) in [6.45, 7) is 9.74. The van der Waals surface area contributed by atoms with Gasteiger partial charge in [0.1, 0.15) is 0 Å². The van der Waals surface area contributed by atoms with Gasteiger partial charge in [-0.05, 0) is 45.4 Å². The molecule has 1 amide bonds. The Hall–Kier alpha value is -2.60. The van der Waals surface area contributed by atoms with Crippen LogP contribution in [-0.2, 0) is 19.6 Å². The number of hydrogen-bond acceptors (Lipinski definition) is 3. The van der Waals surface area contributed by atoms with E-state index in [1.54, 1.807) is 0 Å². The van der Waals surface area contributed by atoms with Gasteiger partial charge in [-0.15, -0.1) is 0 Å². The second kappa shape index (κ2) is 7.96. The zero-order valence-electron chi connectivity index (χ0n) is 16.1. The molecule has 0 bridgehead atoms. The largest absolute Gasteiger partial charge is 0.348 e. The quantitative estimate of drug-likeness (QED) is 0.704. The minimum absolute atomic E-state index is 0.0978. The van der Waals surface area contributed by atoms with Gasteiger partial charge in [-0.25, -0.2) is 0 Å². The van der Waals surface area contributed by atoms with Crippen LogP contribution in [0.4, 0.5) is 0 Å². The molecule has 0 saturated heterocycles. The van der Waals surface area contributed by atoms with E-state index in [4.69, 9.17) is 11.6 Å². The molecule has 0 radical (unpaired) electrons. The fourth-order valence-corrected chi connectivity index (χ4v) is 3.07. The SMILES string of the molecule is CCn1cc(CNC(=O)c2ccc(Cn3nc(C)c(Cl)c3C)cc2)c(C)n1. The Morgan fingerprint density at radius 2 is 1.81 bits per heavy atom. The van der Waals surface area contributed by atoms with Crippen molar-refractivity contribution >= 4 is 17.5 Å². The van der Waals surface area contributed by atoms with Crippen molar-refractivity contribution < 1.29 is 4.79 Å². The number of halogens is 1. The van der Waals surface area contributed by atoms with Crippen molar-refractivity contribution in [3.05, 3.63) is 69.3 Å². The molecular formula is C20H24ClN5O. The van der Waals surface area contributed by atoms with E-state index >= 15 is 0 Å². The average molecular weight is 386 g/mol. The summed E-state index contributed by atoms with van der Waals surface area (Å²) < 4.78 is 3.75. The number of carbonyl (C=O) groups excluding carboxylic acids is 1. The van der Waals surface area contributed by atoms with Gasteiger partial charge in [0.05, 0.1) is 28.6 Å². The molecule has 0 aliphatic carbocycles. The van der Waals surface area contributed by atoms with E-state index in [1.165, 1.54) is 0 Å². The maximum atomic E-state index is 12.4. The number of aromatic nitrogens is 4. The van der Waals surface area contributed by atoms with Crippen LogP contribution in [0.25, 0.3) is 0 Å². The highest BCUT2D eigenvalue weighted by Crippen LogP contribution is 2.20. The lowest BCUT2D eigenvalue weighted by Gasteiger charge is -2.07. The Morgan fingerprint density at radius 3 is 2.37 bits per heavy atom. The van der Waals surface area contributed by atoms with E-state index in [1.807, 2.05) is 67.5 Å². The van der Waals surface area contributed by atoms with Crippen molar-refractivity contribution in [2.24, 2.45) is 0 Å². The third-order valence-electron chi connectivity index (χ3n) is 4.65. The second-order valence-corrected chi connectivity index (χ2v) is 7.00. The Labute approximate surface area is 164 Å². The first-order chi connectivity index (χ1) is 12.9. The molecule has 1 N–H and O–H groups in total. The highest BCUT2D eigenvalue weighted by Gasteiger charge is 2.11. The predicted octanol–water partition coefficient (Wildman–Crippen LogP) is 3.66. The highest BCUT2D eigenvalue weighted by atomic mass is 35.5. The summed E-state index contributed by atoms with van der Waals surface area (Å²) in [6, 6.07) is 7.56. The van der Waals surface area contributed by atoms with Crippen LogP contribution in [0.15, 0.2) is 30.5 Å². The van der Waals surface area contributed by atoms with Crippen LogP contribution in [0, 0.1) is 20.8 Å². The van der Waals surface area contributed by atoms with Gasteiger partial charge in [0.25, 0.3) is 5.91 Å². The monoisotopic (exact) mass is 385 g/mol. The third-order valence-corrected chi connectivity index (χ3v) is 5.20. The van der Waals surface area contributed by atoms with E-state index < -0.39 is 0 Å². The number of nitrogens with zero attached hydrogens (tertiary/aromatic N) is 4. The minimum atomic E-state index is -0.0978. The molecule has 7 heteroatoms. The third kappa shape index (κ3) is 4.22. The molecule has 2 heterocycles. The van der Waals surface area contributed by atoms with Crippen LogP contribution in [0.5, 0.6) is 0 Å². The summed E-state index contributed by atoms with van der Waals surface area (Å²) in [4.78, 5) is 12.4. The number of nitrogens with one attached hydrogen (secondary N) is 1. The van der Waals surface area contributed by atoms with Crippen LogP contribution < -0.4 is 5.32 Å². The van der Waals surface area contributed by atoms with E-state index in [0.717, 1.165) is 34.8 Å². The number of rotatable bonds is 6. The highest BCUT2D eigenvalue weighted by molar-refractivity contribution is 6.31. The molecular weight excluding hydrogens is 362 g/mol. The topological polar surface area (TPSA) is 64.7 Å². The molecule has 6 nitrogen and oxygen atoms in total. The standard InChI is InChI=1S/C20H24ClN5O/c1-5-25-12-18(13(2)23-25)10-22-20(27)17-8-6-16(7-9-17)11-26-15(4)19(21)14(3)24-26/h6-9,12H,5,10-11H2,1-4H3,(H,22,27). The molecule has 0 aliphatic rings. The van der Waals surface area contributed by atoms with E-state index in [0.29, 0.717) is 23.7 Å². The normalized spacial score (nSPS) is 11.0. The van der Waals surface area contributed by atoms with E-state index in [9.17, 15) is 4.79 Å². The van der Waals surface area contributed by atoms with Crippen LogP contribution in [0.3, 0.4) is 0 Å². The van der Waals surface area contributed by atoms with E-state index in [-0.39, 0.29) is 5.91 Å². The van der Waals surface area contributed by atoms with Gasteiger partial charge in [-0.2, -0.15) is 10.2 Å². The first kappa shape index (κ1) is 19.2. The summed E-state index contributed by atoms with van der Waals surface area (Å²) in [5, 5.41) is 12.5. The van der Waals surface area contributed by atoms with Gasteiger partial charge in [0.2, 0.25) is 0 Å². The van der Waals surface area contributed by atoms with Gasteiger partial charge in [0, 0.05) is 30.4 Å². The van der Waals surface area contributed by atoms with Crippen molar-refractivity contribution in [2.45, 2.75) is 47.3 Å². The van der Waals surface area contributed by atoms with Gasteiger partial charge in [-0.1, -0.05) is 23.7 Å². The van der Waals surface area contributed by atoms with Crippen molar-refractivity contribution in [3.8, 4) is 0 Å². The zero-order valence-corrected chi connectivity index (χ0v) is 16.8. The summed E-state index contributed by atoms with van der Waals surface area (Å²) in [5.74, 6) is -0.0978. The lowest BCUT2D eigenvalue weighted by Crippen LogP contribution is -2.23. The first-order valence-electron chi connectivity index (χ1n) is 8.98. The van der Waals surface area contributed by atoms with Gasteiger partial charge >= 0.3 is 0 Å². The fourth-order valence-electron chi connectivity index (χ4n) is 2.94. The van der Waals surface area contributed by atoms with Gasteiger partial charge < -0.3 is 5.32 Å². The number of benzene rings is 1. The van der Waals surface area contributed by atoms with Crippen LogP contribution in [0.1, 0.15) is 45.5 Å². The zero-order chi connectivity index (χ0) is 19.6. The number of aryl methyl sites for hydroxylation is 3. The van der Waals surface area contributed by atoms with Crippen LogP contribution >= 0.6 is 11.6 Å². The number of hydrogen-bond donors (Lipinski definition) is 1. The van der Waals surface area contributed by atoms with Crippen molar-refractivity contribution in [1.29, 1.82) is 0 Å². The number of amides is 1. The molecule has 27 heavy (non-hydrogen) atoms. The lowest BCUT2D eigenvalue weighted by molar-refractivity contribution is 0.0951. The molecule has 0 aliphatic heterocycles. The number of carbonyl (C=O) groups is 1. The van der Waals surface area contributed by atoms with Crippen molar-refractivity contribution in [3.63, 3.8) is 0 Å². The predicted molar refractivity (Wildman–Crippen MR) is 106 cm³/mol. The van der Waals surface area contributed by atoms with Gasteiger partial charge in [-0.3, -0.25) is 14.2 Å². The Balaban J connectivity index is 1.63. The maximum Gasteiger partial charge on any atom is 0.251 e. The molecule has 0 atom stereocenters. The Bertz CT molecular complexity index is 956. The van der Waals surface area contributed by atoms with Crippen LogP contribution in [-0.4, -0.2) is 25.5 Å². The lowest BCUT2D eigenvalue weighted by atomic mass is 10.1. The molecule has 0 fully saturated rings. The van der Waals surface area contributed by atoms with Crippen molar-refractivity contribution in [2.75, 3.05) is 0 Å². The molecule has 3 aromatic rings. The molecule has 3 rings (SSSR count). The molecule has 142 valence electrons. The summed E-state index contributed by atoms with van der Waals surface area (Å²) in [7, 11) is 0. The second-order valence-electron chi connectivity index (χ2n) is 6.62. The summed E-state index contributed by atoms with van der Waals surface area (Å²) >= 11 is 6.20. The summed E-state index contributed by atoms with van der Waals surface area (Å²) in [6.07, 6.45) is 1.97. The Morgan fingerprint density at radius 1 is 1.11 bits per heavy atom. The first-order valence-corrected chi connectivity index (χ1v) is 9.36.